The van der Waals surface area contributed by atoms with Crippen LogP contribution in [-0.2, 0) is 6.18 Å². The summed E-state index contributed by atoms with van der Waals surface area (Å²) in [5, 5.41) is 8.66. The van der Waals surface area contributed by atoms with Crippen molar-refractivity contribution >= 4 is 29.6 Å². The Hall–Kier alpha value is -0.190. The first kappa shape index (κ1) is 11.8. The zero-order valence-corrected chi connectivity index (χ0v) is 8.39. The van der Waals surface area contributed by atoms with E-state index < -0.39 is 11.7 Å². The molecule has 0 atom stereocenters. The Kier molecular flexibility index (Phi) is 4.10. The average Bonchev–Trinajstić information content (AvgIpc) is 1.86. The summed E-state index contributed by atoms with van der Waals surface area (Å²) < 4.78 is 35.5. The van der Waals surface area contributed by atoms with Crippen LogP contribution >= 0.6 is 0 Å². The van der Waals surface area contributed by atoms with Gasteiger partial charge in [0, 0.05) is 29.6 Å². The second-order valence-electron chi connectivity index (χ2n) is 2.04. The van der Waals surface area contributed by atoms with Crippen LogP contribution in [0.2, 0.25) is 0 Å². The van der Waals surface area contributed by atoms with Gasteiger partial charge in [-0.25, -0.2) is 0 Å². The minimum Gasteiger partial charge on any atom is -0.508 e. The molecule has 1 radical (unpaired) electrons. The second-order valence-corrected chi connectivity index (χ2v) is 2.04. The quantitative estimate of drug-likeness (QED) is 0.613. The summed E-state index contributed by atoms with van der Waals surface area (Å²) in [6.45, 7) is 0. The van der Waals surface area contributed by atoms with Gasteiger partial charge >= 0.3 is 6.18 Å². The molecule has 1 N–H and O–H groups in total. The number of phenolic OH excluding ortho intramolecular Hbond substituents is 1. The van der Waals surface area contributed by atoms with E-state index >= 15 is 0 Å². The van der Waals surface area contributed by atoms with Gasteiger partial charge in [-0.2, -0.15) is 13.2 Å². The molecule has 0 bridgehead atoms. The van der Waals surface area contributed by atoms with Gasteiger partial charge in [-0.15, -0.1) is 0 Å². The topological polar surface area (TPSA) is 20.2 Å². The molecule has 0 fully saturated rings. The molecule has 1 nitrogen and oxygen atoms in total. The number of alkyl halides is 3. The zero-order valence-electron chi connectivity index (χ0n) is 6.39. The average molecular weight is 185 g/mol. The van der Waals surface area contributed by atoms with Crippen molar-refractivity contribution < 1.29 is 18.3 Å². The molecule has 0 saturated carbocycles. The van der Waals surface area contributed by atoms with Crippen LogP contribution in [0, 0.1) is 0 Å². The van der Waals surface area contributed by atoms with Gasteiger partial charge in [-0.3, -0.25) is 0 Å². The Morgan fingerprint density at radius 3 is 1.75 bits per heavy atom. The third-order valence-corrected chi connectivity index (χ3v) is 1.19. The summed E-state index contributed by atoms with van der Waals surface area (Å²) in [6, 6.07) is 3.66. The molecule has 0 spiro atoms. The van der Waals surface area contributed by atoms with Crippen molar-refractivity contribution in [3.8, 4) is 5.75 Å². The number of phenols is 1. The minimum atomic E-state index is -4.33. The van der Waals surface area contributed by atoms with Crippen molar-refractivity contribution in [3.05, 3.63) is 29.8 Å². The monoisotopic (exact) mass is 185 g/mol. The molecule has 1 aromatic carbocycles. The second kappa shape index (κ2) is 4.16. The number of aromatic hydroxyl groups is 1. The first-order valence-electron chi connectivity index (χ1n) is 2.86. The Morgan fingerprint density at radius 2 is 1.42 bits per heavy atom. The molecule has 0 saturated heterocycles. The summed E-state index contributed by atoms with van der Waals surface area (Å²) in [5.41, 5.74) is -0.754. The van der Waals surface area contributed by atoms with Crippen molar-refractivity contribution in [3.63, 3.8) is 0 Å². The Balaban J connectivity index is 0.00000121. The first-order valence-corrected chi connectivity index (χ1v) is 2.86. The smallest absolute Gasteiger partial charge is 0.416 e. The molecule has 0 unspecified atom stereocenters. The number of hydrogen-bond acceptors (Lipinski definition) is 1. The van der Waals surface area contributed by atoms with Crippen LogP contribution < -0.4 is 0 Å². The molecular weight excluding hydrogens is 180 g/mol. The van der Waals surface area contributed by atoms with E-state index in [9.17, 15) is 13.2 Å². The molecule has 0 aliphatic carbocycles. The van der Waals surface area contributed by atoms with Crippen LogP contribution in [0.4, 0.5) is 13.2 Å². The van der Waals surface area contributed by atoms with E-state index in [1.165, 1.54) is 0 Å². The maximum absolute atomic E-state index is 11.8. The number of halogens is 3. The summed E-state index contributed by atoms with van der Waals surface area (Å²) in [6.07, 6.45) is -4.33. The van der Waals surface area contributed by atoms with E-state index in [1.54, 1.807) is 0 Å². The molecule has 1 rings (SSSR count). The van der Waals surface area contributed by atoms with Gasteiger partial charge in [0.15, 0.2) is 0 Å². The Morgan fingerprint density at radius 1 is 1.00 bits per heavy atom. The van der Waals surface area contributed by atoms with Crippen LogP contribution in [0.3, 0.4) is 0 Å². The van der Waals surface area contributed by atoms with E-state index in [1.807, 2.05) is 0 Å². The van der Waals surface area contributed by atoms with Gasteiger partial charge < -0.3 is 5.11 Å². The standard InChI is InChI=1S/C7H5F3O.Na/c8-7(9,10)5-1-3-6(11)4-2-5;/h1-4,11H;. The predicted octanol–water partition coefficient (Wildman–Crippen LogP) is 2.03. The molecule has 0 heterocycles. The maximum Gasteiger partial charge on any atom is 0.416 e. The van der Waals surface area contributed by atoms with Crippen LogP contribution in [-0.4, -0.2) is 34.7 Å². The SMILES string of the molecule is Oc1ccc(C(F)(F)F)cc1.[Na]. The van der Waals surface area contributed by atoms with Gasteiger partial charge in [-0.05, 0) is 24.3 Å². The minimum absolute atomic E-state index is 0. The summed E-state index contributed by atoms with van der Waals surface area (Å²) >= 11 is 0. The molecule has 1 aromatic rings. The molecule has 0 amide bonds. The van der Waals surface area contributed by atoms with Crippen LogP contribution in [0.5, 0.6) is 5.75 Å². The van der Waals surface area contributed by atoms with E-state index in [2.05, 4.69) is 0 Å². The fourth-order valence-electron chi connectivity index (χ4n) is 0.650. The van der Waals surface area contributed by atoms with Crippen molar-refractivity contribution in [1.82, 2.24) is 0 Å². The third kappa shape index (κ3) is 3.05. The van der Waals surface area contributed by atoms with Gasteiger partial charge in [0.05, 0.1) is 5.56 Å². The van der Waals surface area contributed by atoms with E-state index in [4.69, 9.17) is 5.11 Å². The summed E-state index contributed by atoms with van der Waals surface area (Å²) in [4.78, 5) is 0. The Labute approximate surface area is 89.5 Å². The van der Waals surface area contributed by atoms with Crippen molar-refractivity contribution in [2.45, 2.75) is 6.18 Å². The molecular formula is C7H5F3NaO. The first-order chi connectivity index (χ1) is 5.00. The summed E-state index contributed by atoms with van der Waals surface area (Å²) in [7, 11) is 0. The van der Waals surface area contributed by atoms with Crippen molar-refractivity contribution in [2.24, 2.45) is 0 Å². The molecule has 0 aliphatic rings. The van der Waals surface area contributed by atoms with Gasteiger partial charge in [0.1, 0.15) is 5.75 Å². The van der Waals surface area contributed by atoms with Gasteiger partial charge in [0.25, 0.3) is 0 Å². The van der Waals surface area contributed by atoms with Crippen molar-refractivity contribution in [2.75, 3.05) is 0 Å². The largest absolute Gasteiger partial charge is 0.508 e. The van der Waals surface area contributed by atoms with Crippen LogP contribution in [0.1, 0.15) is 5.56 Å². The fraction of sp³-hybridized carbons (Fsp3) is 0.143. The van der Waals surface area contributed by atoms with E-state index in [-0.39, 0.29) is 35.3 Å². The third-order valence-electron chi connectivity index (χ3n) is 1.19. The van der Waals surface area contributed by atoms with E-state index in [0.29, 0.717) is 0 Å². The van der Waals surface area contributed by atoms with Crippen molar-refractivity contribution in [1.29, 1.82) is 0 Å². The number of benzene rings is 1. The molecule has 5 heteroatoms. The maximum atomic E-state index is 11.8. The van der Waals surface area contributed by atoms with Crippen LogP contribution in [0.15, 0.2) is 24.3 Å². The number of hydrogen-bond donors (Lipinski definition) is 1. The van der Waals surface area contributed by atoms with Crippen LogP contribution in [0.25, 0.3) is 0 Å². The Bertz CT molecular complexity index is 242. The van der Waals surface area contributed by atoms with Gasteiger partial charge in [-0.1, -0.05) is 0 Å². The van der Waals surface area contributed by atoms with Gasteiger partial charge in [0.2, 0.25) is 0 Å². The normalized spacial score (nSPS) is 10.6. The number of rotatable bonds is 0. The molecule has 0 aromatic heterocycles. The predicted molar refractivity (Wildman–Crippen MR) is 38.9 cm³/mol. The van der Waals surface area contributed by atoms with E-state index in [0.717, 1.165) is 24.3 Å². The molecule has 0 aliphatic heterocycles. The molecule has 61 valence electrons. The zero-order chi connectivity index (χ0) is 8.48. The summed E-state index contributed by atoms with van der Waals surface area (Å²) in [5.74, 6) is -0.169. The molecule has 12 heavy (non-hydrogen) atoms. The fourth-order valence-corrected chi connectivity index (χ4v) is 0.650.